The largest absolute Gasteiger partial charge is 0.457 e. The van der Waals surface area contributed by atoms with Crippen molar-refractivity contribution in [2.24, 2.45) is 4.99 Å². The highest BCUT2D eigenvalue weighted by molar-refractivity contribution is 8.18. The fraction of sp³-hybridized carbons (Fsp3) is 0.143. The molecule has 1 fully saturated rings. The summed E-state index contributed by atoms with van der Waals surface area (Å²) >= 11 is 3.14. The number of para-hydroxylation sites is 2. The van der Waals surface area contributed by atoms with E-state index < -0.39 is 0 Å². The van der Waals surface area contributed by atoms with Crippen LogP contribution in [0.4, 0.5) is 11.4 Å². The van der Waals surface area contributed by atoms with E-state index >= 15 is 0 Å². The molecule has 1 saturated heterocycles. The average Bonchev–Trinajstić information content (AvgIpc) is 3.40. The molecule has 3 aromatic rings. The van der Waals surface area contributed by atoms with Gasteiger partial charge in [0.25, 0.3) is 5.91 Å². The van der Waals surface area contributed by atoms with E-state index in [0.717, 1.165) is 28.8 Å². The lowest BCUT2D eigenvalue weighted by molar-refractivity contribution is -0.122. The molecule has 0 radical (unpaired) electrons. The van der Waals surface area contributed by atoms with Crippen molar-refractivity contribution in [1.82, 2.24) is 4.90 Å². The van der Waals surface area contributed by atoms with Gasteiger partial charge in [-0.05, 0) is 86.3 Å². The molecule has 35 heavy (non-hydrogen) atoms. The number of allylic oxidation sites excluding steroid dienone is 2. The van der Waals surface area contributed by atoms with E-state index in [2.05, 4.69) is 36.1 Å². The number of rotatable bonds is 6. The normalized spacial score (nSPS) is 18.7. The first-order valence-electron chi connectivity index (χ1n) is 11.5. The molecular formula is C28H25N3O2S2. The Bertz CT molecular complexity index is 1320. The number of aliphatic imine (C=N–C) groups is 1. The van der Waals surface area contributed by atoms with Crippen molar-refractivity contribution in [2.45, 2.75) is 18.7 Å². The Morgan fingerprint density at radius 3 is 2.23 bits per heavy atom. The number of nitrogens with zero attached hydrogens (tertiary/aromatic N) is 3. The van der Waals surface area contributed by atoms with Gasteiger partial charge >= 0.3 is 0 Å². The summed E-state index contributed by atoms with van der Waals surface area (Å²) in [4.78, 5) is 23.7. The summed E-state index contributed by atoms with van der Waals surface area (Å²) in [6, 6.07) is 25.6. The lowest BCUT2D eigenvalue weighted by atomic mass is 10.3. The number of ether oxygens (including phenoxy) is 1. The Labute approximate surface area is 214 Å². The zero-order valence-electron chi connectivity index (χ0n) is 19.5. The maximum absolute atomic E-state index is 13.1. The van der Waals surface area contributed by atoms with Crippen LogP contribution in [-0.4, -0.2) is 29.1 Å². The molecule has 0 N–H and O–H groups in total. The second-order valence-electron chi connectivity index (χ2n) is 7.80. The van der Waals surface area contributed by atoms with Gasteiger partial charge in [-0.25, -0.2) is 4.99 Å². The highest BCUT2D eigenvalue weighted by Gasteiger charge is 2.32. The van der Waals surface area contributed by atoms with Gasteiger partial charge in [-0.15, -0.1) is 0 Å². The van der Waals surface area contributed by atoms with Gasteiger partial charge in [0.05, 0.1) is 21.3 Å². The van der Waals surface area contributed by atoms with E-state index in [4.69, 9.17) is 9.73 Å². The Balaban J connectivity index is 1.34. The fourth-order valence-corrected chi connectivity index (χ4v) is 5.99. The number of hydrogen-bond acceptors (Lipinski definition) is 6. The Morgan fingerprint density at radius 1 is 0.800 bits per heavy atom. The van der Waals surface area contributed by atoms with E-state index in [1.165, 1.54) is 22.3 Å². The first-order chi connectivity index (χ1) is 17.2. The molecule has 0 unspecified atom stereocenters. The zero-order valence-corrected chi connectivity index (χ0v) is 21.2. The van der Waals surface area contributed by atoms with Crippen LogP contribution in [0.3, 0.4) is 0 Å². The monoisotopic (exact) mass is 499 g/mol. The molecule has 0 aromatic heterocycles. The van der Waals surface area contributed by atoms with Crippen LogP contribution in [0, 0.1) is 0 Å². The molecule has 7 heteroatoms. The molecule has 5 nitrogen and oxygen atoms in total. The lowest BCUT2D eigenvalue weighted by Gasteiger charge is -2.17. The maximum Gasteiger partial charge on any atom is 0.266 e. The predicted molar refractivity (Wildman–Crippen MR) is 147 cm³/mol. The van der Waals surface area contributed by atoms with Crippen LogP contribution < -0.4 is 9.64 Å². The molecule has 2 heterocycles. The second kappa shape index (κ2) is 10.5. The second-order valence-corrected chi connectivity index (χ2v) is 9.88. The number of amides is 1. The molecule has 0 spiro atoms. The molecule has 0 saturated carbocycles. The Kier molecular flexibility index (Phi) is 6.97. The van der Waals surface area contributed by atoms with Crippen molar-refractivity contribution >= 4 is 46.0 Å². The van der Waals surface area contributed by atoms with Gasteiger partial charge in [0.2, 0.25) is 0 Å². The smallest absolute Gasteiger partial charge is 0.266 e. The standard InChI is InChI=1S/C28H25N3O2S2/c1-3-30-23-12-8-9-13-24(23)34-26(30)19-18-25-27(32)31(4-2)28(35-25)29-20-14-16-22(17-15-20)33-21-10-6-5-7-11-21/h5-19H,3-4H2,1-2H3. The summed E-state index contributed by atoms with van der Waals surface area (Å²) in [7, 11) is 0. The maximum atomic E-state index is 13.1. The van der Waals surface area contributed by atoms with E-state index in [1.54, 1.807) is 16.7 Å². The molecule has 5 rings (SSSR count). The summed E-state index contributed by atoms with van der Waals surface area (Å²) in [6.45, 7) is 5.54. The van der Waals surface area contributed by atoms with Crippen molar-refractivity contribution in [2.75, 3.05) is 18.0 Å². The molecule has 0 bridgehead atoms. The zero-order chi connectivity index (χ0) is 24.2. The number of carbonyl (C=O) groups is 1. The Hall–Kier alpha value is -3.42. The molecule has 2 aliphatic heterocycles. The fourth-order valence-electron chi connectivity index (χ4n) is 3.86. The third-order valence-corrected chi connectivity index (χ3v) is 7.73. The van der Waals surface area contributed by atoms with Crippen molar-refractivity contribution in [3.8, 4) is 11.5 Å². The van der Waals surface area contributed by atoms with Crippen LogP contribution in [-0.2, 0) is 4.79 Å². The van der Waals surface area contributed by atoms with Crippen LogP contribution in [0.25, 0.3) is 0 Å². The van der Waals surface area contributed by atoms with Crippen LogP contribution in [0.5, 0.6) is 11.5 Å². The number of thioether (sulfide) groups is 2. The minimum absolute atomic E-state index is 0.0132. The summed E-state index contributed by atoms with van der Waals surface area (Å²) in [5.74, 6) is 1.51. The van der Waals surface area contributed by atoms with Crippen molar-refractivity contribution in [1.29, 1.82) is 0 Å². The van der Waals surface area contributed by atoms with E-state index in [0.29, 0.717) is 16.6 Å². The number of carbonyl (C=O) groups excluding carboxylic acids is 1. The molecule has 2 aliphatic rings. The summed E-state index contributed by atoms with van der Waals surface area (Å²) in [5, 5.41) is 1.81. The van der Waals surface area contributed by atoms with Crippen LogP contribution in [0.2, 0.25) is 0 Å². The Morgan fingerprint density at radius 2 is 1.49 bits per heavy atom. The van der Waals surface area contributed by atoms with Gasteiger partial charge in [0, 0.05) is 18.0 Å². The summed E-state index contributed by atoms with van der Waals surface area (Å²) < 4.78 is 5.86. The van der Waals surface area contributed by atoms with Crippen molar-refractivity contribution < 1.29 is 9.53 Å². The predicted octanol–water partition coefficient (Wildman–Crippen LogP) is 7.42. The number of likely N-dealkylation sites (N-methyl/N-ethyl adjacent to an activating group) is 1. The number of anilines is 1. The minimum Gasteiger partial charge on any atom is -0.457 e. The van der Waals surface area contributed by atoms with E-state index in [9.17, 15) is 4.79 Å². The highest BCUT2D eigenvalue weighted by Crippen LogP contribution is 2.45. The van der Waals surface area contributed by atoms with E-state index in [1.807, 2.05) is 73.7 Å². The minimum atomic E-state index is -0.0132. The molecule has 3 aromatic carbocycles. The molecule has 0 aliphatic carbocycles. The van der Waals surface area contributed by atoms with Gasteiger partial charge in [-0.3, -0.25) is 9.69 Å². The summed E-state index contributed by atoms with van der Waals surface area (Å²) in [6.07, 6.45) is 3.97. The van der Waals surface area contributed by atoms with Crippen molar-refractivity contribution in [3.63, 3.8) is 0 Å². The van der Waals surface area contributed by atoms with Crippen molar-refractivity contribution in [3.05, 3.63) is 101 Å². The van der Waals surface area contributed by atoms with Gasteiger partial charge in [0.1, 0.15) is 11.5 Å². The number of benzene rings is 3. The highest BCUT2D eigenvalue weighted by atomic mass is 32.2. The third-order valence-electron chi connectivity index (χ3n) is 5.57. The van der Waals surface area contributed by atoms with Crippen LogP contribution in [0.1, 0.15) is 13.8 Å². The summed E-state index contributed by atoms with van der Waals surface area (Å²) in [5.41, 5.74) is 1.99. The molecule has 1 amide bonds. The lowest BCUT2D eigenvalue weighted by Crippen LogP contribution is -2.28. The topological polar surface area (TPSA) is 45.1 Å². The third kappa shape index (κ3) is 5.01. The molecular weight excluding hydrogens is 474 g/mol. The first-order valence-corrected chi connectivity index (χ1v) is 13.2. The number of hydrogen-bond donors (Lipinski definition) is 0. The van der Waals surface area contributed by atoms with Gasteiger partial charge in [0.15, 0.2) is 5.17 Å². The number of fused-ring (bicyclic) bond motifs is 1. The SMILES string of the molecule is CCN1C(=O)C(=CC=C2Sc3ccccc3N2CC)SC1=Nc1ccc(Oc2ccccc2)cc1. The molecule has 0 atom stereocenters. The first kappa shape index (κ1) is 23.3. The average molecular weight is 500 g/mol. The van der Waals surface area contributed by atoms with E-state index in [-0.39, 0.29) is 5.91 Å². The van der Waals surface area contributed by atoms with Crippen LogP contribution >= 0.6 is 23.5 Å². The van der Waals surface area contributed by atoms with Gasteiger partial charge < -0.3 is 9.64 Å². The quantitative estimate of drug-likeness (QED) is 0.330. The molecule has 176 valence electrons. The number of amidine groups is 1. The van der Waals surface area contributed by atoms with Gasteiger partial charge in [-0.2, -0.15) is 0 Å². The van der Waals surface area contributed by atoms with Gasteiger partial charge in [-0.1, -0.05) is 42.1 Å². The van der Waals surface area contributed by atoms with Crippen LogP contribution in [0.15, 0.2) is 111 Å².